The van der Waals surface area contributed by atoms with Crippen molar-refractivity contribution in [2.75, 3.05) is 12.4 Å². The van der Waals surface area contributed by atoms with Crippen molar-refractivity contribution in [2.45, 2.75) is 6.42 Å². The SMILES string of the molecule is COC(=O)c1ccc(NC(=O)Cc2ccc[nH]2)cc1. The molecule has 1 amide bonds. The highest BCUT2D eigenvalue weighted by Crippen LogP contribution is 2.11. The molecule has 98 valence electrons. The number of amides is 1. The molecule has 1 heterocycles. The summed E-state index contributed by atoms with van der Waals surface area (Å²) in [7, 11) is 1.33. The average Bonchev–Trinajstić information content (AvgIpc) is 2.91. The number of hydrogen-bond acceptors (Lipinski definition) is 3. The molecule has 0 spiro atoms. The van der Waals surface area contributed by atoms with Gasteiger partial charge in [0.05, 0.1) is 19.1 Å². The van der Waals surface area contributed by atoms with Gasteiger partial charge in [0.2, 0.25) is 5.91 Å². The third-order valence-corrected chi connectivity index (χ3v) is 2.60. The molecule has 1 aromatic carbocycles. The number of benzene rings is 1. The Morgan fingerprint density at radius 2 is 1.95 bits per heavy atom. The molecule has 0 unspecified atom stereocenters. The van der Waals surface area contributed by atoms with Gasteiger partial charge in [0, 0.05) is 17.6 Å². The summed E-state index contributed by atoms with van der Waals surface area (Å²) in [5, 5.41) is 2.75. The molecule has 0 bridgehead atoms. The third-order valence-electron chi connectivity index (χ3n) is 2.60. The summed E-state index contributed by atoms with van der Waals surface area (Å²) < 4.78 is 4.60. The summed E-state index contributed by atoms with van der Waals surface area (Å²) in [6, 6.07) is 10.2. The molecule has 0 atom stereocenters. The molecule has 5 nitrogen and oxygen atoms in total. The van der Waals surface area contributed by atoms with Crippen molar-refractivity contribution in [3.8, 4) is 0 Å². The van der Waals surface area contributed by atoms with E-state index in [-0.39, 0.29) is 12.3 Å². The molecule has 0 fully saturated rings. The number of hydrogen-bond donors (Lipinski definition) is 2. The van der Waals surface area contributed by atoms with Crippen LogP contribution in [0.2, 0.25) is 0 Å². The summed E-state index contributed by atoms with van der Waals surface area (Å²) in [6.07, 6.45) is 2.06. The van der Waals surface area contributed by atoms with Gasteiger partial charge in [-0.2, -0.15) is 0 Å². The molecule has 5 heteroatoms. The van der Waals surface area contributed by atoms with Gasteiger partial charge in [0.1, 0.15) is 0 Å². The lowest BCUT2D eigenvalue weighted by molar-refractivity contribution is -0.115. The first-order chi connectivity index (χ1) is 9.19. The lowest BCUT2D eigenvalue weighted by Crippen LogP contribution is -2.14. The van der Waals surface area contributed by atoms with E-state index in [9.17, 15) is 9.59 Å². The number of aromatic amines is 1. The summed E-state index contributed by atoms with van der Waals surface area (Å²) in [5.41, 5.74) is 1.94. The maximum Gasteiger partial charge on any atom is 0.337 e. The zero-order valence-electron chi connectivity index (χ0n) is 10.5. The molecule has 0 aliphatic rings. The smallest absolute Gasteiger partial charge is 0.337 e. The van der Waals surface area contributed by atoms with Crippen LogP contribution in [-0.2, 0) is 16.0 Å². The molecule has 0 saturated carbocycles. The molecule has 0 aliphatic carbocycles. The maximum absolute atomic E-state index is 11.7. The van der Waals surface area contributed by atoms with Crippen LogP contribution in [0.5, 0.6) is 0 Å². The number of carbonyl (C=O) groups excluding carboxylic acids is 2. The number of anilines is 1. The molecule has 0 aliphatic heterocycles. The number of rotatable bonds is 4. The number of esters is 1. The van der Waals surface area contributed by atoms with Gasteiger partial charge in [0.25, 0.3) is 0 Å². The van der Waals surface area contributed by atoms with Gasteiger partial charge in [-0.25, -0.2) is 4.79 Å². The van der Waals surface area contributed by atoms with Crippen molar-refractivity contribution in [1.82, 2.24) is 4.98 Å². The van der Waals surface area contributed by atoms with Crippen LogP contribution in [0, 0.1) is 0 Å². The van der Waals surface area contributed by atoms with E-state index < -0.39 is 5.97 Å². The molecule has 19 heavy (non-hydrogen) atoms. The molecule has 2 N–H and O–H groups in total. The lowest BCUT2D eigenvalue weighted by atomic mass is 10.2. The van der Waals surface area contributed by atoms with Crippen molar-refractivity contribution < 1.29 is 14.3 Å². The molecule has 0 radical (unpaired) electrons. The maximum atomic E-state index is 11.7. The zero-order chi connectivity index (χ0) is 13.7. The van der Waals surface area contributed by atoms with Crippen LogP contribution in [0.15, 0.2) is 42.6 Å². The Labute approximate surface area is 110 Å². The van der Waals surface area contributed by atoms with Gasteiger partial charge < -0.3 is 15.0 Å². The molecular formula is C14H14N2O3. The third kappa shape index (κ3) is 3.45. The second-order valence-corrected chi connectivity index (χ2v) is 3.99. The minimum atomic E-state index is -0.399. The van der Waals surface area contributed by atoms with Crippen molar-refractivity contribution in [2.24, 2.45) is 0 Å². The van der Waals surface area contributed by atoms with E-state index in [2.05, 4.69) is 15.0 Å². The van der Waals surface area contributed by atoms with Crippen LogP contribution in [0.3, 0.4) is 0 Å². The minimum absolute atomic E-state index is 0.117. The van der Waals surface area contributed by atoms with E-state index in [1.54, 1.807) is 30.5 Å². The topological polar surface area (TPSA) is 71.2 Å². The van der Waals surface area contributed by atoms with Crippen molar-refractivity contribution in [3.05, 3.63) is 53.9 Å². The van der Waals surface area contributed by atoms with Gasteiger partial charge in [-0.05, 0) is 36.4 Å². The van der Waals surface area contributed by atoms with Gasteiger partial charge >= 0.3 is 5.97 Å². The number of nitrogens with one attached hydrogen (secondary N) is 2. The van der Waals surface area contributed by atoms with Gasteiger partial charge in [-0.1, -0.05) is 0 Å². The van der Waals surface area contributed by atoms with E-state index in [4.69, 9.17) is 0 Å². The van der Waals surface area contributed by atoms with E-state index in [0.717, 1.165) is 5.69 Å². The predicted octanol–water partition coefficient (Wildman–Crippen LogP) is 1.98. The van der Waals surface area contributed by atoms with E-state index in [1.165, 1.54) is 7.11 Å². The second kappa shape index (κ2) is 5.86. The Balaban J connectivity index is 1.96. The standard InChI is InChI=1S/C14H14N2O3/c1-19-14(18)10-4-6-11(7-5-10)16-13(17)9-12-3-2-8-15-12/h2-8,15H,9H2,1H3,(H,16,17). The summed E-state index contributed by atoms with van der Waals surface area (Å²) in [5.74, 6) is -0.516. The largest absolute Gasteiger partial charge is 0.465 e. The summed E-state index contributed by atoms with van der Waals surface area (Å²) in [4.78, 5) is 25.9. The van der Waals surface area contributed by atoms with Crippen molar-refractivity contribution in [1.29, 1.82) is 0 Å². The highest BCUT2D eigenvalue weighted by Gasteiger charge is 2.07. The van der Waals surface area contributed by atoms with Crippen LogP contribution < -0.4 is 5.32 Å². The quantitative estimate of drug-likeness (QED) is 0.824. The molecular weight excluding hydrogens is 244 g/mol. The summed E-state index contributed by atoms with van der Waals surface area (Å²) in [6.45, 7) is 0. The Hall–Kier alpha value is -2.56. The monoisotopic (exact) mass is 258 g/mol. The predicted molar refractivity (Wildman–Crippen MR) is 70.9 cm³/mol. The Morgan fingerprint density at radius 3 is 2.53 bits per heavy atom. The van der Waals surface area contributed by atoms with Crippen LogP contribution in [0.4, 0.5) is 5.69 Å². The van der Waals surface area contributed by atoms with Gasteiger partial charge in [-0.3, -0.25) is 4.79 Å². The molecule has 2 aromatic rings. The first-order valence-electron chi connectivity index (χ1n) is 5.79. The zero-order valence-corrected chi connectivity index (χ0v) is 10.5. The first kappa shape index (κ1) is 12.9. The number of carbonyl (C=O) groups is 2. The number of aromatic nitrogens is 1. The van der Waals surface area contributed by atoms with E-state index in [0.29, 0.717) is 11.3 Å². The summed E-state index contributed by atoms with van der Waals surface area (Å²) >= 11 is 0. The first-order valence-corrected chi connectivity index (χ1v) is 5.79. The molecule has 1 aromatic heterocycles. The second-order valence-electron chi connectivity index (χ2n) is 3.99. The van der Waals surface area contributed by atoms with Crippen LogP contribution in [-0.4, -0.2) is 24.0 Å². The van der Waals surface area contributed by atoms with E-state index in [1.807, 2.05) is 12.1 Å². The molecule has 0 saturated heterocycles. The Kier molecular flexibility index (Phi) is 3.97. The Bertz CT molecular complexity index is 559. The number of ether oxygens (including phenoxy) is 1. The Morgan fingerprint density at radius 1 is 1.21 bits per heavy atom. The van der Waals surface area contributed by atoms with E-state index >= 15 is 0 Å². The van der Waals surface area contributed by atoms with Crippen LogP contribution in [0.1, 0.15) is 16.1 Å². The van der Waals surface area contributed by atoms with Gasteiger partial charge in [0.15, 0.2) is 0 Å². The average molecular weight is 258 g/mol. The van der Waals surface area contributed by atoms with Gasteiger partial charge in [-0.15, -0.1) is 0 Å². The van der Waals surface area contributed by atoms with Crippen LogP contribution in [0.25, 0.3) is 0 Å². The number of H-pyrrole nitrogens is 1. The fourth-order valence-corrected chi connectivity index (χ4v) is 1.66. The van der Waals surface area contributed by atoms with Crippen molar-refractivity contribution >= 4 is 17.6 Å². The highest BCUT2D eigenvalue weighted by atomic mass is 16.5. The van der Waals surface area contributed by atoms with Crippen LogP contribution >= 0.6 is 0 Å². The fourth-order valence-electron chi connectivity index (χ4n) is 1.66. The minimum Gasteiger partial charge on any atom is -0.465 e. The number of methoxy groups -OCH3 is 1. The van der Waals surface area contributed by atoms with Crippen molar-refractivity contribution in [3.63, 3.8) is 0 Å². The fraction of sp³-hybridized carbons (Fsp3) is 0.143. The lowest BCUT2D eigenvalue weighted by Gasteiger charge is -2.05. The normalized spacial score (nSPS) is 9.95. The molecule has 2 rings (SSSR count). The highest BCUT2D eigenvalue weighted by molar-refractivity contribution is 5.93.